The highest BCUT2D eigenvalue weighted by Gasteiger charge is 2.16. The number of halogens is 1. The number of likely N-dealkylation sites (tertiary alicyclic amines) is 1. The fraction of sp³-hybridized carbons (Fsp3) is 0.636. The maximum Gasteiger partial charge on any atom is 0.193 e. The maximum absolute atomic E-state index is 5.70. The van der Waals surface area contributed by atoms with Crippen molar-refractivity contribution in [2.45, 2.75) is 25.4 Å². The summed E-state index contributed by atoms with van der Waals surface area (Å²) in [5.74, 6) is 0.916. The van der Waals surface area contributed by atoms with Crippen LogP contribution in [-0.2, 0) is 6.54 Å². The summed E-state index contributed by atoms with van der Waals surface area (Å²) in [5, 5.41) is 3.96. The highest BCUT2D eigenvalue weighted by Crippen LogP contribution is 2.14. The molecule has 1 saturated heterocycles. The van der Waals surface area contributed by atoms with Crippen molar-refractivity contribution in [1.82, 2.24) is 10.2 Å². The topological polar surface area (TPSA) is 28.4 Å². The summed E-state index contributed by atoms with van der Waals surface area (Å²) >= 11 is 5.70. The van der Waals surface area contributed by atoms with Crippen molar-refractivity contribution in [1.29, 1.82) is 0 Å². The lowest BCUT2D eigenvalue weighted by molar-refractivity contribution is 0.231. The van der Waals surface area contributed by atoms with Gasteiger partial charge in [-0.25, -0.2) is 0 Å². The van der Waals surface area contributed by atoms with Crippen molar-refractivity contribution in [3.8, 4) is 0 Å². The summed E-state index contributed by atoms with van der Waals surface area (Å²) in [6.45, 7) is 3.13. The van der Waals surface area contributed by atoms with Crippen molar-refractivity contribution in [2.24, 2.45) is 0 Å². The van der Waals surface area contributed by atoms with Gasteiger partial charge < -0.3 is 14.6 Å². The number of hydrogen-bond donors (Lipinski definition) is 1. The molecule has 3 nitrogen and oxygen atoms in total. The third-order valence-electron chi connectivity index (χ3n) is 2.91. The van der Waals surface area contributed by atoms with E-state index in [-0.39, 0.29) is 0 Å². The van der Waals surface area contributed by atoms with Gasteiger partial charge in [-0.1, -0.05) is 0 Å². The van der Waals surface area contributed by atoms with Crippen LogP contribution in [0.25, 0.3) is 0 Å². The molecule has 1 aliphatic heterocycles. The molecule has 0 saturated carbocycles. The molecule has 0 unspecified atom stereocenters. The first kappa shape index (κ1) is 11.0. The molecule has 2 heterocycles. The average molecular weight is 229 g/mol. The molecule has 15 heavy (non-hydrogen) atoms. The molecular formula is C11H17ClN2O. The summed E-state index contributed by atoms with van der Waals surface area (Å²) in [6, 6.07) is 4.32. The van der Waals surface area contributed by atoms with E-state index in [4.69, 9.17) is 16.0 Å². The van der Waals surface area contributed by atoms with Gasteiger partial charge in [0.2, 0.25) is 0 Å². The smallest absolute Gasteiger partial charge is 0.193 e. The van der Waals surface area contributed by atoms with Crippen molar-refractivity contribution in [2.75, 3.05) is 20.1 Å². The van der Waals surface area contributed by atoms with Crippen LogP contribution in [0.4, 0.5) is 0 Å². The van der Waals surface area contributed by atoms with E-state index < -0.39 is 0 Å². The minimum Gasteiger partial charge on any atom is -0.448 e. The van der Waals surface area contributed by atoms with Crippen LogP contribution in [0.15, 0.2) is 16.5 Å². The lowest BCUT2D eigenvalue weighted by Gasteiger charge is -2.29. The lowest BCUT2D eigenvalue weighted by Crippen LogP contribution is -2.40. The van der Waals surface area contributed by atoms with Crippen molar-refractivity contribution in [3.63, 3.8) is 0 Å². The Hall–Kier alpha value is -0.510. The minimum absolute atomic E-state index is 0.468. The highest BCUT2D eigenvalue weighted by molar-refractivity contribution is 6.28. The second kappa shape index (κ2) is 5.01. The Morgan fingerprint density at radius 1 is 1.47 bits per heavy atom. The monoisotopic (exact) mass is 228 g/mol. The number of furan rings is 1. The molecule has 0 amide bonds. The Kier molecular flexibility index (Phi) is 3.67. The van der Waals surface area contributed by atoms with E-state index in [1.807, 2.05) is 6.07 Å². The van der Waals surface area contributed by atoms with Gasteiger partial charge in [-0.2, -0.15) is 0 Å². The van der Waals surface area contributed by atoms with Crippen LogP contribution in [0.3, 0.4) is 0 Å². The molecule has 4 heteroatoms. The molecule has 0 spiro atoms. The summed E-state index contributed by atoms with van der Waals surface area (Å²) in [7, 11) is 2.17. The Morgan fingerprint density at radius 3 is 2.80 bits per heavy atom. The van der Waals surface area contributed by atoms with Crippen LogP contribution in [0.2, 0.25) is 5.22 Å². The second-order valence-electron chi connectivity index (χ2n) is 4.16. The maximum atomic E-state index is 5.70. The van der Waals surface area contributed by atoms with E-state index >= 15 is 0 Å². The predicted molar refractivity (Wildman–Crippen MR) is 61.1 cm³/mol. The van der Waals surface area contributed by atoms with Crippen LogP contribution >= 0.6 is 11.6 Å². The molecule has 1 fully saturated rings. The normalized spacial score (nSPS) is 19.6. The van der Waals surface area contributed by atoms with Gasteiger partial charge in [-0.05, 0) is 56.7 Å². The summed E-state index contributed by atoms with van der Waals surface area (Å²) < 4.78 is 5.29. The number of hydrogen-bond acceptors (Lipinski definition) is 3. The quantitative estimate of drug-likeness (QED) is 0.859. The largest absolute Gasteiger partial charge is 0.448 e. The Labute approximate surface area is 95.4 Å². The standard InChI is InChI=1S/C11H17ClN2O/c1-14-6-4-9(5-7-14)13-8-10-2-3-11(12)15-10/h2-3,9,13H,4-8H2,1H3. The molecule has 0 radical (unpaired) electrons. The number of nitrogens with zero attached hydrogens (tertiary/aromatic N) is 1. The third kappa shape index (κ3) is 3.23. The average Bonchev–Trinajstić information content (AvgIpc) is 2.64. The van der Waals surface area contributed by atoms with Crippen molar-refractivity contribution < 1.29 is 4.42 Å². The minimum atomic E-state index is 0.468. The zero-order valence-corrected chi connectivity index (χ0v) is 9.76. The lowest BCUT2D eigenvalue weighted by atomic mass is 10.1. The number of piperidine rings is 1. The summed E-state index contributed by atoms with van der Waals surface area (Å²) in [6.07, 6.45) is 2.43. The fourth-order valence-corrected chi connectivity index (χ4v) is 2.07. The SMILES string of the molecule is CN1CCC(NCc2ccc(Cl)o2)CC1. The van der Waals surface area contributed by atoms with E-state index in [1.54, 1.807) is 6.07 Å². The number of rotatable bonds is 3. The van der Waals surface area contributed by atoms with E-state index in [0.29, 0.717) is 11.3 Å². The highest BCUT2D eigenvalue weighted by atomic mass is 35.5. The van der Waals surface area contributed by atoms with E-state index in [2.05, 4.69) is 17.3 Å². The van der Waals surface area contributed by atoms with Crippen LogP contribution < -0.4 is 5.32 Å². The van der Waals surface area contributed by atoms with Crippen LogP contribution in [0, 0.1) is 0 Å². The number of nitrogens with one attached hydrogen (secondary N) is 1. The van der Waals surface area contributed by atoms with Gasteiger partial charge in [0.15, 0.2) is 5.22 Å². The summed E-state index contributed by atoms with van der Waals surface area (Å²) in [5.41, 5.74) is 0. The molecule has 0 aromatic carbocycles. The molecule has 1 aromatic heterocycles. The molecule has 2 rings (SSSR count). The van der Waals surface area contributed by atoms with Gasteiger partial charge in [0, 0.05) is 6.04 Å². The Balaban J connectivity index is 1.74. The second-order valence-corrected chi connectivity index (χ2v) is 4.54. The zero-order chi connectivity index (χ0) is 10.7. The van der Waals surface area contributed by atoms with Gasteiger partial charge in [0.25, 0.3) is 0 Å². The first-order valence-electron chi connectivity index (χ1n) is 5.40. The Bertz CT molecular complexity index is 305. The van der Waals surface area contributed by atoms with Crippen LogP contribution in [0.1, 0.15) is 18.6 Å². The van der Waals surface area contributed by atoms with E-state index in [1.165, 1.54) is 25.9 Å². The van der Waals surface area contributed by atoms with Gasteiger partial charge in [-0.15, -0.1) is 0 Å². The molecule has 0 atom stereocenters. The molecule has 84 valence electrons. The van der Waals surface area contributed by atoms with E-state index in [0.717, 1.165) is 12.3 Å². The first-order chi connectivity index (χ1) is 7.24. The van der Waals surface area contributed by atoms with Gasteiger partial charge in [-0.3, -0.25) is 0 Å². The molecule has 1 N–H and O–H groups in total. The third-order valence-corrected chi connectivity index (χ3v) is 3.12. The first-order valence-corrected chi connectivity index (χ1v) is 5.78. The van der Waals surface area contributed by atoms with Crippen LogP contribution in [0.5, 0.6) is 0 Å². The molecular weight excluding hydrogens is 212 g/mol. The molecule has 0 bridgehead atoms. The molecule has 0 aliphatic carbocycles. The predicted octanol–water partition coefficient (Wildman–Crippen LogP) is 2.12. The molecule has 1 aromatic rings. The van der Waals surface area contributed by atoms with Gasteiger partial charge >= 0.3 is 0 Å². The van der Waals surface area contributed by atoms with Crippen molar-refractivity contribution >= 4 is 11.6 Å². The van der Waals surface area contributed by atoms with E-state index in [9.17, 15) is 0 Å². The van der Waals surface area contributed by atoms with Crippen molar-refractivity contribution in [3.05, 3.63) is 23.1 Å². The zero-order valence-electron chi connectivity index (χ0n) is 9.00. The Morgan fingerprint density at radius 2 is 2.20 bits per heavy atom. The van der Waals surface area contributed by atoms with Crippen LogP contribution in [-0.4, -0.2) is 31.1 Å². The summed E-state index contributed by atoms with van der Waals surface area (Å²) in [4.78, 5) is 2.36. The van der Waals surface area contributed by atoms with Gasteiger partial charge in [0.1, 0.15) is 5.76 Å². The fourth-order valence-electron chi connectivity index (χ4n) is 1.90. The molecule has 1 aliphatic rings. The van der Waals surface area contributed by atoms with Gasteiger partial charge in [0.05, 0.1) is 6.54 Å².